The van der Waals surface area contributed by atoms with Gasteiger partial charge in [-0.05, 0) is 18.4 Å². The fraction of sp³-hybridized carbons (Fsp3) is 0.583. The molecule has 1 rings (SSSR count). The molecule has 0 saturated heterocycles. The Morgan fingerprint density at radius 1 is 1.47 bits per heavy atom. The number of carbonyl (C=O) groups is 1. The van der Waals surface area contributed by atoms with Gasteiger partial charge in [0.1, 0.15) is 0 Å². The van der Waals surface area contributed by atoms with E-state index in [2.05, 4.69) is 6.92 Å². The van der Waals surface area contributed by atoms with Gasteiger partial charge in [0.15, 0.2) is 0 Å². The Labute approximate surface area is 117 Å². The summed E-state index contributed by atoms with van der Waals surface area (Å²) in [6.45, 7) is 4.40. The number of hydrogen-bond donors (Lipinski definition) is 0. The number of carbonyl (C=O) groups excluding carboxylic acids is 1. The van der Waals surface area contributed by atoms with E-state index in [1.807, 2.05) is 24.4 Å². The van der Waals surface area contributed by atoms with Crippen molar-refractivity contribution in [3.05, 3.63) is 22.4 Å². The molecule has 1 aromatic rings. The van der Waals surface area contributed by atoms with Gasteiger partial charge in [0.2, 0.25) is 0 Å². The first-order valence-electron chi connectivity index (χ1n) is 5.86. The molecular weight excluding hydrogens is 343 g/mol. The van der Waals surface area contributed by atoms with E-state index >= 15 is 0 Å². The predicted octanol–water partition coefficient (Wildman–Crippen LogP) is 2.84. The second-order valence-electron chi connectivity index (χ2n) is 3.37. The average molecular weight is 363 g/mol. The van der Waals surface area contributed by atoms with E-state index in [9.17, 15) is 7.87 Å². The first kappa shape index (κ1) is 16.8. The molecule has 0 unspecified atom stereocenters. The van der Waals surface area contributed by atoms with E-state index in [-0.39, 0.29) is 5.97 Å². The van der Waals surface area contributed by atoms with E-state index in [1.165, 1.54) is 12.8 Å². The first-order chi connectivity index (χ1) is 8.24. The largest absolute Gasteiger partial charge is 0.466 e. The maximum absolute atomic E-state index is 10.9. The molecule has 0 aromatic carbocycles. The second kappa shape index (κ2) is 12.2. The van der Waals surface area contributed by atoms with E-state index in [1.54, 1.807) is 11.3 Å². The minimum atomic E-state index is -1.20. The Bertz CT molecular complexity index is 299. The Morgan fingerprint density at radius 3 is 2.65 bits per heavy atom. The van der Waals surface area contributed by atoms with E-state index in [4.69, 9.17) is 4.74 Å². The molecule has 0 N–H and O–H groups in total. The fourth-order valence-electron chi connectivity index (χ4n) is 1.05. The number of rotatable bonds is 6. The summed E-state index contributed by atoms with van der Waals surface area (Å²) in [5.74, 6) is -0.144. The molecule has 1 heterocycles. The van der Waals surface area contributed by atoms with Crippen molar-refractivity contribution in [1.82, 2.24) is 0 Å². The van der Waals surface area contributed by atoms with Crippen LogP contribution in [0, 0.1) is 0 Å². The van der Waals surface area contributed by atoms with Crippen LogP contribution in [0.25, 0.3) is 0 Å². The summed E-state index contributed by atoms with van der Waals surface area (Å²) >= 11 is 0.379. The standard InChI is InChI=1S/C8H10O2S.C4H9.O.Sn.H/c1-2-10-8(9)6-7-4-3-5-11-7;1-3-4-2;;;/h3-5H,2,6H2,1H3;1,3-4H2,2H3;;;. The molecule has 0 fully saturated rings. The minimum Gasteiger partial charge on any atom is -0.466 e. The zero-order chi connectivity index (χ0) is 12.9. The van der Waals surface area contributed by atoms with Gasteiger partial charge in [0.05, 0.1) is 13.0 Å². The van der Waals surface area contributed by atoms with Crippen molar-refractivity contribution in [3.8, 4) is 0 Å². The topological polar surface area (TPSA) is 43.4 Å². The van der Waals surface area contributed by atoms with Gasteiger partial charge in [-0.3, -0.25) is 4.79 Å². The van der Waals surface area contributed by atoms with Crippen LogP contribution in [-0.4, -0.2) is 33.7 Å². The summed E-state index contributed by atoms with van der Waals surface area (Å²) in [7, 11) is 0. The molecular formula is C12H20O3SSn. The molecule has 0 aliphatic rings. The van der Waals surface area contributed by atoms with Crippen LogP contribution >= 0.6 is 11.3 Å². The van der Waals surface area contributed by atoms with Crippen LogP contribution in [0.15, 0.2) is 17.5 Å². The molecule has 0 atom stereocenters. The number of unbranched alkanes of at least 4 members (excludes halogenated alkanes) is 1. The Kier molecular flexibility index (Phi) is 12.1. The molecule has 5 heteroatoms. The van der Waals surface area contributed by atoms with Crippen molar-refractivity contribution < 1.29 is 12.6 Å². The molecule has 0 radical (unpaired) electrons. The van der Waals surface area contributed by atoms with Crippen LogP contribution in [0.5, 0.6) is 0 Å². The molecule has 17 heavy (non-hydrogen) atoms. The van der Waals surface area contributed by atoms with E-state index in [0.29, 0.717) is 13.0 Å². The molecule has 0 aliphatic carbocycles. The molecule has 0 bridgehead atoms. The van der Waals surface area contributed by atoms with Crippen LogP contribution in [0.1, 0.15) is 31.6 Å². The van der Waals surface area contributed by atoms with Crippen molar-refractivity contribution >= 4 is 38.4 Å². The van der Waals surface area contributed by atoms with Crippen LogP contribution in [0.2, 0.25) is 4.44 Å². The molecule has 0 amide bonds. The normalized spacial score (nSPS) is 9.06. The van der Waals surface area contributed by atoms with E-state index < -0.39 is 21.1 Å². The third kappa shape index (κ3) is 10.6. The predicted molar refractivity (Wildman–Crippen MR) is 72.2 cm³/mol. The van der Waals surface area contributed by atoms with Crippen LogP contribution < -0.4 is 0 Å². The number of esters is 1. The molecule has 1 aromatic heterocycles. The van der Waals surface area contributed by atoms with Gasteiger partial charge in [-0.1, -0.05) is 6.07 Å². The maximum atomic E-state index is 10.9. The maximum Gasteiger partial charge on any atom is 0.311 e. The molecule has 0 spiro atoms. The fourth-order valence-corrected chi connectivity index (χ4v) is 3.39. The molecule has 96 valence electrons. The summed E-state index contributed by atoms with van der Waals surface area (Å²) in [6, 6.07) is 3.86. The quantitative estimate of drug-likeness (QED) is 0.444. The summed E-state index contributed by atoms with van der Waals surface area (Å²) in [5.41, 5.74) is 0. The van der Waals surface area contributed by atoms with Crippen molar-refractivity contribution in [2.45, 2.75) is 37.5 Å². The van der Waals surface area contributed by atoms with Gasteiger partial charge < -0.3 is 4.74 Å². The van der Waals surface area contributed by atoms with E-state index in [0.717, 1.165) is 9.31 Å². The Balaban J connectivity index is 0.000000366. The number of ether oxygens (including phenoxy) is 1. The summed E-state index contributed by atoms with van der Waals surface area (Å²) in [6.07, 6.45) is 2.80. The van der Waals surface area contributed by atoms with Gasteiger partial charge in [-0.2, -0.15) is 0 Å². The zero-order valence-electron chi connectivity index (χ0n) is 10.5. The second-order valence-corrected chi connectivity index (χ2v) is 7.00. The van der Waals surface area contributed by atoms with Gasteiger partial charge in [0.25, 0.3) is 0 Å². The molecule has 0 aliphatic heterocycles. The van der Waals surface area contributed by atoms with Crippen LogP contribution in [-0.2, 0) is 19.0 Å². The van der Waals surface area contributed by atoms with Crippen molar-refractivity contribution in [1.29, 1.82) is 0 Å². The van der Waals surface area contributed by atoms with Gasteiger partial charge in [-0.25, -0.2) is 0 Å². The summed E-state index contributed by atoms with van der Waals surface area (Å²) < 4.78 is 15.7. The average Bonchev–Trinajstić information content (AvgIpc) is 2.80. The van der Waals surface area contributed by atoms with Crippen LogP contribution in [0.4, 0.5) is 0 Å². The van der Waals surface area contributed by atoms with Crippen molar-refractivity contribution in [2.24, 2.45) is 0 Å². The van der Waals surface area contributed by atoms with Crippen LogP contribution in [0.3, 0.4) is 0 Å². The van der Waals surface area contributed by atoms with Crippen molar-refractivity contribution in [3.63, 3.8) is 0 Å². The Hall–Kier alpha value is -0.231. The minimum absolute atomic E-state index is 0.144. The third-order valence-corrected chi connectivity index (χ3v) is 4.59. The summed E-state index contributed by atoms with van der Waals surface area (Å²) in [4.78, 5) is 12.0. The smallest absolute Gasteiger partial charge is 0.311 e. The molecule has 0 saturated carbocycles. The summed E-state index contributed by atoms with van der Waals surface area (Å²) in [5, 5.41) is 1.95. The first-order valence-corrected chi connectivity index (χ1v) is 10.4. The monoisotopic (exact) mass is 364 g/mol. The number of hydrogen-bond acceptors (Lipinski definition) is 4. The Morgan fingerprint density at radius 2 is 2.24 bits per heavy atom. The molecule has 3 nitrogen and oxygen atoms in total. The SMILES string of the molecule is CCC[CH2][SnH]=[O].CCOC(=O)Cc1cccs1. The third-order valence-electron chi connectivity index (χ3n) is 1.88. The van der Waals surface area contributed by atoms with Gasteiger partial charge >= 0.3 is 54.4 Å². The zero-order valence-corrected chi connectivity index (χ0v) is 14.6. The number of thiophene rings is 1. The van der Waals surface area contributed by atoms with Gasteiger partial charge in [0, 0.05) is 4.88 Å². The van der Waals surface area contributed by atoms with Gasteiger partial charge in [-0.15, -0.1) is 11.3 Å². The van der Waals surface area contributed by atoms with Crippen molar-refractivity contribution in [2.75, 3.05) is 6.61 Å².